The van der Waals surface area contributed by atoms with Gasteiger partial charge in [-0.05, 0) is 54.8 Å². The Morgan fingerprint density at radius 2 is 1.86 bits per heavy atom. The summed E-state index contributed by atoms with van der Waals surface area (Å²) < 4.78 is 33.3. The van der Waals surface area contributed by atoms with E-state index in [0.717, 1.165) is 5.56 Å². The van der Waals surface area contributed by atoms with Gasteiger partial charge in [0.2, 0.25) is 0 Å². The Hall–Kier alpha value is -3.06. The lowest BCUT2D eigenvalue weighted by atomic mass is 10.1. The lowest BCUT2D eigenvalue weighted by molar-refractivity contribution is 0.386. The standard InChI is InChI=1S/C21H21F2N3O2/c1-28-20-9-6-15(11-18(20)23)19-12-16(13-24)21(27)26(25-19)10-2-3-14-4-7-17(22)8-5-14/h4-9,11-12H,2-3,10,13,24H2,1H3. The van der Waals surface area contributed by atoms with Crippen LogP contribution in [-0.2, 0) is 19.5 Å². The van der Waals surface area contributed by atoms with Crippen LogP contribution in [-0.4, -0.2) is 16.9 Å². The van der Waals surface area contributed by atoms with Crippen molar-refractivity contribution in [3.05, 3.63) is 81.6 Å². The van der Waals surface area contributed by atoms with E-state index in [1.54, 1.807) is 24.3 Å². The number of nitrogens with zero attached hydrogens (tertiary/aromatic N) is 2. The van der Waals surface area contributed by atoms with Crippen molar-refractivity contribution >= 4 is 0 Å². The van der Waals surface area contributed by atoms with E-state index in [-0.39, 0.29) is 23.7 Å². The van der Waals surface area contributed by atoms with E-state index in [0.29, 0.717) is 36.2 Å². The lowest BCUT2D eigenvalue weighted by Crippen LogP contribution is -2.28. The summed E-state index contributed by atoms with van der Waals surface area (Å²) in [7, 11) is 1.39. The number of hydrogen-bond acceptors (Lipinski definition) is 4. The molecule has 0 aliphatic heterocycles. The number of hydrogen-bond donors (Lipinski definition) is 1. The zero-order valence-electron chi connectivity index (χ0n) is 15.5. The number of nitrogens with two attached hydrogens (primary N) is 1. The van der Waals surface area contributed by atoms with E-state index < -0.39 is 5.82 Å². The Labute approximate surface area is 161 Å². The topological polar surface area (TPSA) is 70.1 Å². The van der Waals surface area contributed by atoms with E-state index in [4.69, 9.17) is 10.5 Å². The number of rotatable bonds is 7. The summed E-state index contributed by atoms with van der Waals surface area (Å²) >= 11 is 0. The molecule has 0 saturated heterocycles. The van der Waals surface area contributed by atoms with Crippen LogP contribution in [0.2, 0.25) is 0 Å². The highest BCUT2D eigenvalue weighted by Crippen LogP contribution is 2.24. The fourth-order valence-corrected chi connectivity index (χ4v) is 2.95. The first-order chi connectivity index (χ1) is 13.5. The number of benzene rings is 2. The maximum Gasteiger partial charge on any atom is 0.271 e. The van der Waals surface area contributed by atoms with Crippen molar-refractivity contribution in [2.75, 3.05) is 7.11 Å². The molecule has 3 aromatic rings. The number of halogens is 2. The molecule has 1 heterocycles. The summed E-state index contributed by atoms with van der Waals surface area (Å²) in [6.45, 7) is 0.431. The largest absolute Gasteiger partial charge is 0.494 e. The molecule has 0 saturated carbocycles. The fraction of sp³-hybridized carbons (Fsp3) is 0.238. The van der Waals surface area contributed by atoms with Gasteiger partial charge in [-0.2, -0.15) is 5.10 Å². The monoisotopic (exact) mass is 385 g/mol. The molecule has 0 amide bonds. The number of aromatic nitrogens is 2. The lowest BCUT2D eigenvalue weighted by Gasteiger charge is -2.11. The first kappa shape index (κ1) is 19.7. The zero-order chi connectivity index (χ0) is 20.1. The molecule has 0 bridgehead atoms. The van der Waals surface area contributed by atoms with E-state index in [1.807, 2.05) is 0 Å². The van der Waals surface area contributed by atoms with Gasteiger partial charge in [0.05, 0.1) is 12.8 Å². The molecule has 0 aliphatic carbocycles. The Morgan fingerprint density at radius 3 is 2.50 bits per heavy atom. The quantitative estimate of drug-likeness (QED) is 0.678. The molecule has 2 aromatic carbocycles. The van der Waals surface area contributed by atoms with E-state index in [9.17, 15) is 13.6 Å². The van der Waals surface area contributed by atoms with E-state index in [1.165, 1.54) is 36.1 Å². The average Bonchev–Trinajstić information content (AvgIpc) is 2.70. The maximum atomic E-state index is 14.0. The highest BCUT2D eigenvalue weighted by molar-refractivity contribution is 5.60. The normalized spacial score (nSPS) is 10.9. The summed E-state index contributed by atoms with van der Waals surface area (Å²) in [6, 6.07) is 12.3. The average molecular weight is 385 g/mol. The number of aryl methyl sites for hydroxylation is 2. The molecule has 0 unspecified atom stereocenters. The van der Waals surface area contributed by atoms with Gasteiger partial charge < -0.3 is 10.5 Å². The molecule has 7 heteroatoms. The smallest absolute Gasteiger partial charge is 0.271 e. The molecular weight excluding hydrogens is 364 g/mol. The minimum atomic E-state index is -0.509. The van der Waals surface area contributed by atoms with Gasteiger partial charge in [0, 0.05) is 24.2 Å². The molecule has 0 radical (unpaired) electrons. The van der Waals surface area contributed by atoms with E-state index >= 15 is 0 Å². The van der Waals surface area contributed by atoms with Crippen LogP contribution in [0.1, 0.15) is 17.5 Å². The second kappa shape index (κ2) is 8.75. The highest BCUT2D eigenvalue weighted by atomic mass is 19.1. The second-order valence-electron chi connectivity index (χ2n) is 6.37. The molecule has 5 nitrogen and oxygen atoms in total. The predicted octanol–water partition coefficient (Wildman–Crippen LogP) is 3.29. The summed E-state index contributed by atoms with van der Waals surface area (Å²) in [6.07, 6.45) is 1.32. The van der Waals surface area contributed by atoms with Crippen molar-refractivity contribution in [1.82, 2.24) is 9.78 Å². The van der Waals surface area contributed by atoms with Crippen LogP contribution < -0.4 is 16.0 Å². The molecule has 0 aliphatic rings. The summed E-state index contributed by atoms with van der Waals surface area (Å²) in [5.41, 5.74) is 7.81. The van der Waals surface area contributed by atoms with Crippen molar-refractivity contribution < 1.29 is 13.5 Å². The van der Waals surface area contributed by atoms with Gasteiger partial charge in [-0.15, -0.1) is 0 Å². The minimum Gasteiger partial charge on any atom is -0.494 e. The zero-order valence-corrected chi connectivity index (χ0v) is 15.5. The highest BCUT2D eigenvalue weighted by Gasteiger charge is 2.11. The van der Waals surface area contributed by atoms with Crippen molar-refractivity contribution in [2.24, 2.45) is 5.73 Å². The summed E-state index contributed by atoms with van der Waals surface area (Å²) in [5, 5.41) is 4.37. The van der Waals surface area contributed by atoms with Gasteiger partial charge in [0.1, 0.15) is 5.82 Å². The van der Waals surface area contributed by atoms with Gasteiger partial charge in [0.15, 0.2) is 11.6 Å². The Bertz CT molecular complexity index is 1020. The first-order valence-corrected chi connectivity index (χ1v) is 8.91. The molecule has 0 fully saturated rings. The van der Waals surface area contributed by atoms with Gasteiger partial charge in [-0.3, -0.25) is 4.79 Å². The van der Waals surface area contributed by atoms with Crippen LogP contribution in [0.5, 0.6) is 5.75 Å². The van der Waals surface area contributed by atoms with Gasteiger partial charge in [0.25, 0.3) is 5.56 Å². The van der Waals surface area contributed by atoms with Crippen LogP contribution in [0.4, 0.5) is 8.78 Å². The first-order valence-electron chi connectivity index (χ1n) is 8.91. The predicted molar refractivity (Wildman–Crippen MR) is 103 cm³/mol. The van der Waals surface area contributed by atoms with Crippen molar-refractivity contribution in [3.8, 4) is 17.0 Å². The molecular formula is C21H21F2N3O2. The van der Waals surface area contributed by atoms with E-state index in [2.05, 4.69) is 5.10 Å². The number of ether oxygens (including phenoxy) is 1. The maximum absolute atomic E-state index is 14.0. The molecule has 1 aromatic heterocycles. The molecule has 2 N–H and O–H groups in total. The van der Waals surface area contributed by atoms with Crippen molar-refractivity contribution in [2.45, 2.75) is 25.9 Å². The molecule has 146 valence electrons. The molecule has 3 rings (SSSR count). The third-order valence-corrected chi connectivity index (χ3v) is 4.46. The molecule has 0 spiro atoms. The fourth-order valence-electron chi connectivity index (χ4n) is 2.95. The van der Waals surface area contributed by atoms with Crippen LogP contribution >= 0.6 is 0 Å². The van der Waals surface area contributed by atoms with Gasteiger partial charge >= 0.3 is 0 Å². The van der Waals surface area contributed by atoms with Crippen molar-refractivity contribution in [1.29, 1.82) is 0 Å². The van der Waals surface area contributed by atoms with Gasteiger partial charge in [-0.1, -0.05) is 12.1 Å². The molecule has 0 atom stereocenters. The molecule has 28 heavy (non-hydrogen) atoms. The third kappa shape index (κ3) is 4.43. The van der Waals surface area contributed by atoms with Crippen LogP contribution in [0.25, 0.3) is 11.3 Å². The van der Waals surface area contributed by atoms with Gasteiger partial charge in [-0.25, -0.2) is 13.5 Å². The Balaban J connectivity index is 1.84. The Kier molecular flexibility index (Phi) is 6.16. The summed E-state index contributed by atoms with van der Waals surface area (Å²) in [5.74, 6) is -0.658. The number of methoxy groups -OCH3 is 1. The SMILES string of the molecule is COc1ccc(-c2cc(CN)c(=O)n(CCCc3ccc(F)cc3)n2)cc1F. The van der Waals surface area contributed by atoms with Crippen LogP contribution in [0.3, 0.4) is 0 Å². The Morgan fingerprint density at radius 1 is 1.11 bits per heavy atom. The minimum absolute atomic E-state index is 0.0605. The van der Waals surface area contributed by atoms with Crippen molar-refractivity contribution in [3.63, 3.8) is 0 Å². The van der Waals surface area contributed by atoms with Crippen LogP contribution in [0.15, 0.2) is 53.3 Å². The second-order valence-corrected chi connectivity index (χ2v) is 6.37. The summed E-state index contributed by atoms with van der Waals surface area (Å²) in [4.78, 5) is 12.5. The third-order valence-electron chi connectivity index (χ3n) is 4.46. The van der Waals surface area contributed by atoms with Crippen LogP contribution in [0, 0.1) is 11.6 Å².